The number of oxazole rings is 1. The van der Waals surface area contributed by atoms with Crippen molar-refractivity contribution < 1.29 is 33.6 Å². The number of ether oxygens (including phenoxy) is 3. The van der Waals surface area contributed by atoms with Crippen molar-refractivity contribution in [2.75, 3.05) is 14.2 Å². The van der Waals surface area contributed by atoms with E-state index >= 15 is 0 Å². The first-order chi connectivity index (χ1) is 15.6. The summed E-state index contributed by atoms with van der Waals surface area (Å²) in [6, 6.07) is 6.88. The van der Waals surface area contributed by atoms with Gasteiger partial charge in [0.25, 0.3) is 16.2 Å². The maximum Gasteiger partial charge on any atom is 0.273 e. The second-order valence-corrected chi connectivity index (χ2v) is 7.95. The number of nitro groups is 2. The highest BCUT2D eigenvalue weighted by Gasteiger charge is 2.53. The highest BCUT2D eigenvalue weighted by atomic mass is 32.1. The van der Waals surface area contributed by atoms with Gasteiger partial charge in [-0.15, -0.1) is 0 Å². The summed E-state index contributed by atoms with van der Waals surface area (Å²) < 4.78 is 23.8. The van der Waals surface area contributed by atoms with Gasteiger partial charge in [-0.25, -0.2) is 0 Å². The number of hydrogen-bond donors (Lipinski definition) is 1. The van der Waals surface area contributed by atoms with Crippen molar-refractivity contribution in [2.45, 2.75) is 31.0 Å². The van der Waals surface area contributed by atoms with Gasteiger partial charge in [0.1, 0.15) is 11.9 Å². The SMILES string of the molecule is COC(OC)[C@]1(C)Oc2ccc([N+](=O)[O-])cc2[C@H](n2c(=S)oc3cc([N+](=O)[O-])ccc32)[C@H]1O. The molecule has 3 atom stereocenters. The van der Waals surface area contributed by atoms with Gasteiger partial charge >= 0.3 is 0 Å². The number of benzene rings is 2. The van der Waals surface area contributed by atoms with E-state index in [0.717, 1.165) is 0 Å². The van der Waals surface area contributed by atoms with E-state index in [2.05, 4.69) is 0 Å². The van der Waals surface area contributed by atoms with E-state index in [1.54, 1.807) is 6.92 Å². The maximum atomic E-state index is 11.5. The van der Waals surface area contributed by atoms with Crippen molar-refractivity contribution in [1.29, 1.82) is 0 Å². The van der Waals surface area contributed by atoms with Crippen LogP contribution in [0.4, 0.5) is 11.4 Å². The largest absolute Gasteiger partial charge is 0.479 e. The Morgan fingerprint density at radius 3 is 2.33 bits per heavy atom. The fraction of sp³-hybridized carbons (Fsp3) is 0.350. The molecule has 1 aromatic heterocycles. The van der Waals surface area contributed by atoms with E-state index in [-0.39, 0.29) is 33.1 Å². The van der Waals surface area contributed by atoms with Gasteiger partial charge in [0.05, 0.1) is 27.5 Å². The molecule has 1 aliphatic rings. The molecule has 0 unspecified atom stereocenters. The first-order valence-corrected chi connectivity index (χ1v) is 10.0. The highest BCUT2D eigenvalue weighted by Crippen LogP contribution is 2.46. The molecule has 0 bridgehead atoms. The number of nitro benzene ring substituents is 2. The van der Waals surface area contributed by atoms with Crippen molar-refractivity contribution >= 4 is 34.7 Å². The van der Waals surface area contributed by atoms with Crippen molar-refractivity contribution in [2.24, 2.45) is 0 Å². The molecule has 4 rings (SSSR count). The van der Waals surface area contributed by atoms with E-state index in [4.69, 9.17) is 30.8 Å². The Kier molecular flexibility index (Phi) is 5.66. The molecule has 12 nitrogen and oxygen atoms in total. The number of rotatable bonds is 6. The van der Waals surface area contributed by atoms with Crippen molar-refractivity contribution in [1.82, 2.24) is 4.57 Å². The molecule has 33 heavy (non-hydrogen) atoms. The van der Waals surface area contributed by atoms with Crippen molar-refractivity contribution in [3.8, 4) is 5.75 Å². The number of aliphatic hydroxyl groups is 1. The Morgan fingerprint density at radius 1 is 1.12 bits per heavy atom. The predicted molar refractivity (Wildman–Crippen MR) is 116 cm³/mol. The van der Waals surface area contributed by atoms with Crippen LogP contribution in [0.2, 0.25) is 0 Å². The summed E-state index contributed by atoms with van der Waals surface area (Å²) in [6.07, 6.45) is -2.41. The van der Waals surface area contributed by atoms with Crippen LogP contribution in [0.3, 0.4) is 0 Å². The van der Waals surface area contributed by atoms with E-state index in [0.29, 0.717) is 5.52 Å². The average Bonchev–Trinajstić information content (AvgIpc) is 3.09. The van der Waals surface area contributed by atoms with Crippen LogP contribution in [0.15, 0.2) is 40.8 Å². The Labute approximate surface area is 191 Å². The molecule has 0 amide bonds. The van der Waals surface area contributed by atoms with Gasteiger partial charge < -0.3 is 23.7 Å². The van der Waals surface area contributed by atoms with Crippen LogP contribution in [0.1, 0.15) is 18.5 Å². The van der Waals surface area contributed by atoms with Crippen LogP contribution < -0.4 is 4.74 Å². The Morgan fingerprint density at radius 2 is 1.73 bits per heavy atom. The van der Waals surface area contributed by atoms with Gasteiger partial charge in [0.2, 0.25) is 0 Å². The first kappa shape index (κ1) is 22.8. The molecule has 13 heteroatoms. The molecule has 174 valence electrons. The zero-order valence-electron chi connectivity index (χ0n) is 17.7. The number of methoxy groups -OCH3 is 2. The second-order valence-electron chi connectivity index (χ2n) is 7.61. The molecular formula is C20H19N3O9S. The molecule has 2 aromatic carbocycles. The zero-order valence-corrected chi connectivity index (χ0v) is 18.5. The molecule has 0 fully saturated rings. The number of fused-ring (bicyclic) bond motifs is 2. The third-order valence-corrected chi connectivity index (χ3v) is 6.00. The summed E-state index contributed by atoms with van der Waals surface area (Å²) in [7, 11) is 2.77. The third kappa shape index (κ3) is 3.54. The summed E-state index contributed by atoms with van der Waals surface area (Å²) in [5.41, 5.74) is -1.14. The molecule has 0 spiro atoms. The first-order valence-electron chi connectivity index (χ1n) is 9.63. The van der Waals surface area contributed by atoms with Gasteiger partial charge in [0.15, 0.2) is 17.5 Å². The van der Waals surface area contributed by atoms with Crippen LogP contribution >= 0.6 is 12.2 Å². The Hall–Kier alpha value is -3.39. The van der Waals surface area contributed by atoms with Gasteiger partial charge in [-0.3, -0.25) is 24.8 Å². The van der Waals surface area contributed by atoms with E-state index < -0.39 is 33.9 Å². The van der Waals surface area contributed by atoms with Gasteiger partial charge in [-0.2, -0.15) is 0 Å². The predicted octanol–water partition coefficient (Wildman–Crippen LogP) is 3.50. The number of aromatic nitrogens is 1. The molecular weight excluding hydrogens is 458 g/mol. The van der Waals surface area contributed by atoms with Crippen LogP contribution in [0.25, 0.3) is 11.1 Å². The molecule has 1 aliphatic heterocycles. The lowest BCUT2D eigenvalue weighted by atomic mass is 9.84. The summed E-state index contributed by atoms with van der Waals surface area (Å²) in [5, 5.41) is 34.1. The van der Waals surface area contributed by atoms with Gasteiger partial charge in [0, 0.05) is 38.0 Å². The number of non-ortho nitro benzene ring substituents is 2. The van der Waals surface area contributed by atoms with Crippen LogP contribution in [-0.2, 0) is 9.47 Å². The average molecular weight is 477 g/mol. The summed E-state index contributed by atoms with van der Waals surface area (Å²) in [6.45, 7) is 1.57. The normalized spacial score (nSPS) is 22.2. The fourth-order valence-electron chi connectivity index (χ4n) is 4.19. The number of hydrogen-bond acceptors (Lipinski definition) is 10. The van der Waals surface area contributed by atoms with Crippen LogP contribution in [-0.4, -0.2) is 51.7 Å². The molecule has 3 aromatic rings. The van der Waals surface area contributed by atoms with E-state index in [9.17, 15) is 25.3 Å². The topological polar surface area (TPSA) is 152 Å². The lowest BCUT2D eigenvalue weighted by Crippen LogP contribution is -2.60. The summed E-state index contributed by atoms with van der Waals surface area (Å²) >= 11 is 5.38. The Balaban J connectivity index is 2.00. The minimum absolute atomic E-state index is 0.0948. The quantitative estimate of drug-likeness (QED) is 0.241. The second kappa shape index (κ2) is 8.19. The van der Waals surface area contributed by atoms with Crippen molar-refractivity contribution in [3.63, 3.8) is 0 Å². The standard InChI is InChI=1S/C20H19N3O9S/c1-20(18(29-2)30-3)17(24)16(12-8-10(22(25)26)5-7-14(12)32-20)21-13-6-4-11(23(27)28)9-15(13)31-19(21)33/h4-9,16-18,24H,1-3H3/t16-,17+,20+/m0/s1. The molecule has 2 heterocycles. The third-order valence-electron chi connectivity index (χ3n) is 5.72. The minimum atomic E-state index is -1.46. The number of nitrogens with zero attached hydrogens (tertiary/aromatic N) is 3. The molecule has 1 N–H and O–H groups in total. The monoisotopic (exact) mass is 477 g/mol. The Bertz CT molecular complexity index is 1320. The highest BCUT2D eigenvalue weighted by molar-refractivity contribution is 7.71. The van der Waals surface area contributed by atoms with Crippen molar-refractivity contribution in [3.05, 3.63) is 67.0 Å². The molecule has 0 saturated carbocycles. The smallest absolute Gasteiger partial charge is 0.273 e. The van der Waals surface area contributed by atoms with E-state index in [1.807, 2.05) is 0 Å². The lowest BCUT2D eigenvalue weighted by molar-refractivity contribution is -0.385. The fourth-order valence-corrected chi connectivity index (χ4v) is 4.49. The van der Waals surface area contributed by atoms with Gasteiger partial charge in [-0.1, -0.05) is 0 Å². The summed E-state index contributed by atoms with van der Waals surface area (Å²) in [5.74, 6) is 0.246. The van der Waals surface area contributed by atoms with Gasteiger partial charge in [-0.05, 0) is 31.3 Å². The van der Waals surface area contributed by atoms with E-state index in [1.165, 1.54) is 55.2 Å². The summed E-state index contributed by atoms with van der Waals surface area (Å²) in [4.78, 5) is 21.4. The minimum Gasteiger partial charge on any atom is -0.479 e. The molecule has 0 aliphatic carbocycles. The van der Waals surface area contributed by atoms with Crippen LogP contribution in [0, 0.1) is 25.1 Å². The van der Waals surface area contributed by atoms with Crippen LogP contribution in [0.5, 0.6) is 5.75 Å². The molecule has 0 radical (unpaired) electrons. The molecule has 0 saturated heterocycles. The zero-order chi connectivity index (χ0) is 24.1. The number of aliphatic hydroxyl groups excluding tert-OH is 1. The maximum absolute atomic E-state index is 11.5. The lowest BCUT2D eigenvalue weighted by Gasteiger charge is -2.46.